The van der Waals surface area contributed by atoms with Crippen LogP contribution in [0, 0.1) is 0 Å². The van der Waals surface area contributed by atoms with Gasteiger partial charge in [-0.25, -0.2) is 0 Å². The van der Waals surface area contributed by atoms with Crippen LogP contribution in [0.15, 0.2) is 0 Å². The van der Waals surface area contributed by atoms with Gasteiger partial charge < -0.3 is 4.74 Å². The van der Waals surface area contributed by atoms with E-state index in [1.807, 2.05) is 0 Å². The van der Waals surface area contributed by atoms with Crippen LogP contribution in [0.2, 0.25) is 0 Å². The summed E-state index contributed by atoms with van der Waals surface area (Å²) in [6.07, 6.45) is 11.1. The van der Waals surface area contributed by atoms with Crippen LogP contribution in [0.3, 0.4) is 0 Å². The van der Waals surface area contributed by atoms with Crippen molar-refractivity contribution < 1.29 is 4.74 Å². The molecule has 84 valence electrons. The molecule has 0 radical (unpaired) electrons. The minimum absolute atomic E-state index is 0.612. The standard InChI is InChI=1S/C12H25OS/c1-3-14(2)11-6-4-5-8-12-9-7-10-13-12/h12H,3-11H2,1-2H3/q+1. The summed E-state index contributed by atoms with van der Waals surface area (Å²) in [5.74, 6) is 2.81. The zero-order valence-electron chi connectivity index (χ0n) is 9.76. The molecule has 0 aliphatic carbocycles. The van der Waals surface area contributed by atoms with Gasteiger partial charge in [-0.3, -0.25) is 0 Å². The van der Waals surface area contributed by atoms with E-state index in [1.165, 1.54) is 50.0 Å². The van der Waals surface area contributed by atoms with Crippen LogP contribution in [-0.2, 0) is 15.6 Å². The molecule has 14 heavy (non-hydrogen) atoms. The fourth-order valence-electron chi connectivity index (χ4n) is 1.91. The number of hydrogen-bond acceptors (Lipinski definition) is 1. The van der Waals surface area contributed by atoms with Crippen molar-refractivity contribution in [3.05, 3.63) is 0 Å². The molecule has 0 bridgehead atoms. The van der Waals surface area contributed by atoms with Crippen molar-refractivity contribution >= 4 is 10.9 Å². The van der Waals surface area contributed by atoms with Gasteiger partial charge in [-0.05, 0) is 49.9 Å². The van der Waals surface area contributed by atoms with Gasteiger partial charge in [0, 0.05) is 6.61 Å². The predicted molar refractivity (Wildman–Crippen MR) is 66.1 cm³/mol. The number of rotatable bonds is 7. The molecule has 2 atom stereocenters. The number of hydrogen-bond donors (Lipinski definition) is 0. The van der Waals surface area contributed by atoms with E-state index in [2.05, 4.69) is 13.2 Å². The Kier molecular flexibility index (Phi) is 6.70. The van der Waals surface area contributed by atoms with Crippen molar-refractivity contribution in [1.29, 1.82) is 0 Å². The fraction of sp³-hybridized carbons (Fsp3) is 1.00. The molecule has 1 fully saturated rings. The first-order chi connectivity index (χ1) is 6.83. The highest BCUT2D eigenvalue weighted by Crippen LogP contribution is 2.18. The van der Waals surface area contributed by atoms with Crippen LogP contribution in [0.5, 0.6) is 0 Å². The van der Waals surface area contributed by atoms with Crippen LogP contribution in [0.1, 0.15) is 45.4 Å². The molecule has 1 rings (SSSR count). The Bertz CT molecular complexity index is 132. The molecule has 2 heteroatoms. The first-order valence-corrected chi connectivity index (χ1v) is 8.00. The molecule has 0 aromatic carbocycles. The maximum absolute atomic E-state index is 5.60. The summed E-state index contributed by atoms with van der Waals surface area (Å²) < 4.78 is 5.60. The first-order valence-electron chi connectivity index (χ1n) is 6.03. The van der Waals surface area contributed by atoms with Gasteiger partial charge in [0.2, 0.25) is 0 Å². The molecule has 0 N–H and O–H groups in total. The third-order valence-corrected chi connectivity index (χ3v) is 5.01. The average molecular weight is 217 g/mol. The van der Waals surface area contributed by atoms with Crippen LogP contribution in [0.25, 0.3) is 0 Å². The van der Waals surface area contributed by atoms with E-state index in [0.717, 1.165) is 6.61 Å². The van der Waals surface area contributed by atoms with Gasteiger partial charge in [-0.1, -0.05) is 6.42 Å². The smallest absolute Gasteiger partial charge is 0.107 e. The Morgan fingerprint density at radius 3 is 2.79 bits per heavy atom. The molecule has 1 saturated heterocycles. The van der Waals surface area contributed by atoms with Gasteiger partial charge in [0.25, 0.3) is 0 Å². The van der Waals surface area contributed by atoms with E-state index >= 15 is 0 Å². The normalized spacial score (nSPS) is 24.0. The van der Waals surface area contributed by atoms with E-state index in [1.54, 1.807) is 0 Å². The summed E-state index contributed by atoms with van der Waals surface area (Å²) in [4.78, 5) is 0. The van der Waals surface area contributed by atoms with E-state index in [0.29, 0.717) is 17.0 Å². The Morgan fingerprint density at radius 2 is 2.14 bits per heavy atom. The quantitative estimate of drug-likeness (QED) is 0.470. The van der Waals surface area contributed by atoms with Gasteiger partial charge in [0.05, 0.1) is 12.4 Å². The largest absolute Gasteiger partial charge is 0.378 e. The van der Waals surface area contributed by atoms with E-state index in [-0.39, 0.29) is 0 Å². The second-order valence-electron chi connectivity index (χ2n) is 4.26. The second-order valence-corrected chi connectivity index (χ2v) is 6.81. The average Bonchev–Trinajstić information content (AvgIpc) is 2.69. The molecule has 0 saturated carbocycles. The SMILES string of the molecule is CC[S+](C)CCCCCC1CCCO1. The summed E-state index contributed by atoms with van der Waals surface area (Å²) in [5, 5.41) is 0. The molecular formula is C12H25OS+. The first kappa shape index (κ1) is 12.4. The number of ether oxygens (including phenoxy) is 1. The summed E-state index contributed by atoms with van der Waals surface area (Å²) >= 11 is 0. The fourth-order valence-corrected chi connectivity index (χ4v) is 2.90. The second kappa shape index (κ2) is 7.58. The van der Waals surface area contributed by atoms with Crippen molar-refractivity contribution in [3.63, 3.8) is 0 Å². The lowest BCUT2D eigenvalue weighted by atomic mass is 10.1. The summed E-state index contributed by atoms with van der Waals surface area (Å²) in [6.45, 7) is 3.31. The Labute approximate surface area is 92.0 Å². The van der Waals surface area contributed by atoms with Crippen molar-refractivity contribution in [3.8, 4) is 0 Å². The molecule has 1 heterocycles. The Morgan fingerprint density at radius 1 is 1.29 bits per heavy atom. The molecule has 1 aliphatic rings. The zero-order valence-corrected chi connectivity index (χ0v) is 10.6. The van der Waals surface area contributed by atoms with Crippen molar-refractivity contribution in [2.45, 2.75) is 51.6 Å². The molecule has 0 aromatic heterocycles. The van der Waals surface area contributed by atoms with Crippen LogP contribution < -0.4 is 0 Å². The molecular weight excluding hydrogens is 192 g/mol. The van der Waals surface area contributed by atoms with Gasteiger partial charge in [0.1, 0.15) is 11.5 Å². The molecule has 2 unspecified atom stereocenters. The topological polar surface area (TPSA) is 9.23 Å². The maximum atomic E-state index is 5.60. The lowest BCUT2D eigenvalue weighted by molar-refractivity contribution is 0.102. The molecule has 0 spiro atoms. The third-order valence-electron chi connectivity index (χ3n) is 3.04. The Balaban J connectivity index is 1.84. The van der Waals surface area contributed by atoms with Crippen molar-refractivity contribution in [2.75, 3.05) is 24.4 Å². The monoisotopic (exact) mass is 217 g/mol. The van der Waals surface area contributed by atoms with Crippen molar-refractivity contribution in [1.82, 2.24) is 0 Å². The summed E-state index contributed by atoms with van der Waals surface area (Å²) in [7, 11) is 0.686. The lowest BCUT2D eigenvalue weighted by Gasteiger charge is -2.08. The highest BCUT2D eigenvalue weighted by molar-refractivity contribution is 7.96. The van der Waals surface area contributed by atoms with Crippen LogP contribution in [-0.4, -0.2) is 30.5 Å². The Hall–Kier alpha value is 0.310. The summed E-state index contributed by atoms with van der Waals surface area (Å²) in [6, 6.07) is 0. The lowest BCUT2D eigenvalue weighted by Crippen LogP contribution is -2.08. The highest BCUT2D eigenvalue weighted by Gasteiger charge is 2.14. The maximum Gasteiger partial charge on any atom is 0.107 e. The van der Waals surface area contributed by atoms with Gasteiger partial charge >= 0.3 is 0 Å². The van der Waals surface area contributed by atoms with E-state index in [4.69, 9.17) is 4.74 Å². The molecule has 0 amide bonds. The van der Waals surface area contributed by atoms with E-state index in [9.17, 15) is 0 Å². The van der Waals surface area contributed by atoms with Crippen LogP contribution in [0.4, 0.5) is 0 Å². The molecule has 1 nitrogen and oxygen atoms in total. The van der Waals surface area contributed by atoms with Crippen LogP contribution >= 0.6 is 0 Å². The zero-order chi connectivity index (χ0) is 10.2. The minimum Gasteiger partial charge on any atom is -0.378 e. The molecule has 0 aromatic rings. The highest BCUT2D eigenvalue weighted by atomic mass is 32.2. The van der Waals surface area contributed by atoms with Gasteiger partial charge in [-0.2, -0.15) is 0 Å². The van der Waals surface area contributed by atoms with E-state index < -0.39 is 0 Å². The minimum atomic E-state index is 0.612. The van der Waals surface area contributed by atoms with Crippen molar-refractivity contribution in [2.24, 2.45) is 0 Å². The molecule has 1 aliphatic heterocycles. The van der Waals surface area contributed by atoms with Gasteiger partial charge in [0.15, 0.2) is 0 Å². The summed E-state index contributed by atoms with van der Waals surface area (Å²) in [5.41, 5.74) is 0. The predicted octanol–water partition coefficient (Wildman–Crippen LogP) is 2.99. The number of unbranched alkanes of at least 4 members (excludes halogenated alkanes) is 2. The third kappa shape index (κ3) is 5.26. The van der Waals surface area contributed by atoms with Gasteiger partial charge in [-0.15, -0.1) is 0 Å².